The fourth-order valence-corrected chi connectivity index (χ4v) is 2.45. The van der Waals surface area contributed by atoms with Gasteiger partial charge in [-0.1, -0.05) is 18.2 Å². The lowest BCUT2D eigenvalue weighted by Gasteiger charge is -1.96. The number of fused-ring (bicyclic) bond motifs is 1. The number of carbonyl (C=O) groups is 1. The third-order valence-electron chi connectivity index (χ3n) is 3.69. The Kier molecular flexibility index (Phi) is 3.53. The van der Waals surface area contributed by atoms with Gasteiger partial charge in [-0.2, -0.15) is 4.68 Å². The van der Waals surface area contributed by atoms with E-state index >= 15 is 0 Å². The first kappa shape index (κ1) is 15.1. The number of halogens is 1. The van der Waals surface area contributed by atoms with Crippen LogP contribution in [0.25, 0.3) is 22.4 Å². The van der Waals surface area contributed by atoms with E-state index in [1.54, 1.807) is 18.2 Å². The number of rotatable bonds is 4. The quantitative estimate of drug-likeness (QED) is 0.534. The van der Waals surface area contributed by atoms with E-state index in [-0.39, 0.29) is 18.2 Å². The zero-order chi connectivity index (χ0) is 17.4. The Bertz CT molecular complexity index is 1090. The smallest absolute Gasteiger partial charge is 0.437 e. The molecule has 0 atom stereocenters. The maximum Gasteiger partial charge on any atom is 0.437 e. The van der Waals surface area contributed by atoms with E-state index < -0.39 is 17.4 Å². The zero-order valence-corrected chi connectivity index (χ0v) is 12.8. The van der Waals surface area contributed by atoms with Crippen LogP contribution in [0.3, 0.4) is 0 Å². The van der Waals surface area contributed by atoms with Gasteiger partial charge >= 0.3 is 5.76 Å². The van der Waals surface area contributed by atoms with Crippen LogP contribution in [0.5, 0.6) is 0 Å². The Morgan fingerprint density at radius 2 is 1.84 bits per heavy atom. The monoisotopic (exact) mass is 338 g/mol. The molecule has 0 saturated heterocycles. The summed E-state index contributed by atoms with van der Waals surface area (Å²) in [6, 6.07) is 14.2. The SMILES string of the molecule is O=C(Cn1nc(-c2ccc(F)cc2)oc1=O)c1cc2ccccc2o1. The van der Waals surface area contributed by atoms with E-state index in [1.165, 1.54) is 24.3 Å². The van der Waals surface area contributed by atoms with Crippen LogP contribution in [0.15, 0.2) is 68.2 Å². The maximum absolute atomic E-state index is 13.0. The van der Waals surface area contributed by atoms with Crippen LogP contribution in [0.2, 0.25) is 0 Å². The predicted molar refractivity (Wildman–Crippen MR) is 86.7 cm³/mol. The minimum absolute atomic E-state index is 0.0161. The molecule has 0 saturated carbocycles. The van der Waals surface area contributed by atoms with E-state index in [1.807, 2.05) is 12.1 Å². The number of hydrogen-bond acceptors (Lipinski definition) is 5. The number of carbonyl (C=O) groups excluding carboxylic acids is 1. The summed E-state index contributed by atoms with van der Waals surface area (Å²) in [6.07, 6.45) is 0. The van der Waals surface area contributed by atoms with Gasteiger partial charge in [0.15, 0.2) is 5.76 Å². The minimum Gasteiger partial charge on any atom is -0.453 e. The highest BCUT2D eigenvalue weighted by atomic mass is 19.1. The third-order valence-corrected chi connectivity index (χ3v) is 3.69. The third kappa shape index (κ3) is 2.87. The van der Waals surface area contributed by atoms with Crippen LogP contribution in [0.4, 0.5) is 4.39 Å². The Hall–Kier alpha value is -3.48. The number of hydrogen-bond donors (Lipinski definition) is 0. The summed E-state index contributed by atoms with van der Waals surface area (Å²) in [5.41, 5.74) is 1.03. The largest absolute Gasteiger partial charge is 0.453 e. The van der Waals surface area contributed by atoms with Gasteiger partial charge in [-0.05, 0) is 36.4 Å². The van der Waals surface area contributed by atoms with Crippen molar-refractivity contribution in [1.82, 2.24) is 9.78 Å². The molecule has 0 aliphatic heterocycles. The fourth-order valence-electron chi connectivity index (χ4n) is 2.45. The number of furan rings is 1. The summed E-state index contributed by atoms with van der Waals surface area (Å²) in [6.45, 7) is -0.316. The average molecular weight is 338 g/mol. The summed E-state index contributed by atoms with van der Waals surface area (Å²) >= 11 is 0. The van der Waals surface area contributed by atoms with Crippen molar-refractivity contribution in [1.29, 1.82) is 0 Å². The fraction of sp³-hybridized carbons (Fsp3) is 0.0556. The summed E-state index contributed by atoms with van der Waals surface area (Å²) in [5.74, 6) is -1.44. The lowest BCUT2D eigenvalue weighted by molar-refractivity contribution is 0.0940. The number of Topliss-reactive ketones (excluding diaryl/α,β-unsaturated/α-hetero) is 1. The minimum atomic E-state index is -0.774. The number of aromatic nitrogens is 2. The number of nitrogens with zero attached hydrogens (tertiary/aromatic N) is 2. The van der Waals surface area contributed by atoms with Gasteiger partial charge in [0.1, 0.15) is 17.9 Å². The highest BCUT2D eigenvalue weighted by molar-refractivity contribution is 5.97. The molecule has 7 heteroatoms. The van der Waals surface area contributed by atoms with E-state index in [9.17, 15) is 14.0 Å². The van der Waals surface area contributed by atoms with Crippen LogP contribution < -0.4 is 5.76 Å². The lowest BCUT2D eigenvalue weighted by Crippen LogP contribution is -2.21. The van der Waals surface area contributed by atoms with Gasteiger partial charge in [-0.15, -0.1) is 5.10 Å². The van der Waals surface area contributed by atoms with Gasteiger partial charge in [0.2, 0.25) is 11.7 Å². The molecule has 2 heterocycles. The molecule has 0 bridgehead atoms. The molecule has 4 rings (SSSR count). The second-order valence-electron chi connectivity index (χ2n) is 5.41. The topological polar surface area (TPSA) is 78.2 Å². The highest BCUT2D eigenvalue weighted by Crippen LogP contribution is 2.20. The van der Waals surface area contributed by atoms with E-state index in [0.29, 0.717) is 11.1 Å². The molecular formula is C18H11FN2O4. The maximum atomic E-state index is 13.0. The van der Waals surface area contributed by atoms with Crippen LogP contribution in [0.1, 0.15) is 10.6 Å². The van der Waals surface area contributed by atoms with E-state index in [2.05, 4.69) is 5.10 Å². The molecule has 0 N–H and O–H groups in total. The number of benzene rings is 2. The van der Waals surface area contributed by atoms with Crippen LogP contribution in [-0.2, 0) is 6.54 Å². The zero-order valence-electron chi connectivity index (χ0n) is 12.8. The first-order valence-electron chi connectivity index (χ1n) is 7.46. The average Bonchev–Trinajstić information content (AvgIpc) is 3.19. The molecule has 4 aromatic rings. The summed E-state index contributed by atoms with van der Waals surface area (Å²) in [4.78, 5) is 24.2. The molecule has 0 aliphatic rings. The van der Waals surface area contributed by atoms with Gasteiger partial charge in [0.25, 0.3) is 0 Å². The Morgan fingerprint density at radius 3 is 2.60 bits per heavy atom. The standard InChI is InChI=1S/C18H11FN2O4/c19-13-7-5-11(6-8-13)17-20-21(18(23)25-17)10-14(22)16-9-12-3-1-2-4-15(12)24-16/h1-9H,10H2. The molecule has 2 aromatic heterocycles. The summed E-state index contributed by atoms with van der Waals surface area (Å²) < 4.78 is 24.4. The number of ketones is 1. The van der Waals surface area contributed by atoms with Crippen LogP contribution in [0, 0.1) is 5.82 Å². The van der Waals surface area contributed by atoms with Crippen molar-refractivity contribution < 1.29 is 18.0 Å². The van der Waals surface area contributed by atoms with Gasteiger partial charge in [-0.25, -0.2) is 9.18 Å². The Balaban J connectivity index is 1.61. The van der Waals surface area contributed by atoms with Crippen LogP contribution >= 0.6 is 0 Å². The van der Waals surface area contributed by atoms with Gasteiger partial charge < -0.3 is 8.83 Å². The second-order valence-corrected chi connectivity index (χ2v) is 5.41. The molecule has 25 heavy (non-hydrogen) atoms. The lowest BCUT2D eigenvalue weighted by atomic mass is 10.2. The van der Waals surface area contributed by atoms with Crippen molar-refractivity contribution in [3.05, 3.63) is 76.7 Å². The van der Waals surface area contributed by atoms with E-state index in [0.717, 1.165) is 10.1 Å². The first-order chi connectivity index (χ1) is 12.1. The normalized spacial score (nSPS) is 11.1. The van der Waals surface area contributed by atoms with Crippen molar-refractivity contribution >= 4 is 16.8 Å². The molecule has 124 valence electrons. The molecule has 0 spiro atoms. The molecule has 0 unspecified atom stereocenters. The van der Waals surface area contributed by atoms with Crippen molar-refractivity contribution in [3.8, 4) is 11.5 Å². The predicted octanol–water partition coefficient (Wildman–Crippen LogP) is 3.27. The molecule has 2 aromatic carbocycles. The van der Waals surface area contributed by atoms with Gasteiger partial charge in [-0.3, -0.25) is 4.79 Å². The van der Waals surface area contributed by atoms with Crippen molar-refractivity contribution in [2.24, 2.45) is 0 Å². The van der Waals surface area contributed by atoms with Crippen LogP contribution in [-0.4, -0.2) is 15.6 Å². The van der Waals surface area contributed by atoms with Gasteiger partial charge in [0, 0.05) is 10.9 Å². The molecule has 0 fully saturated rings. The molecule has 0 aliphatic carbocycles. The van der Waals surface area contributed by atoms with Crippen molar-refractivity contribution in [2.75, 3.05) is 0 Å². The Labute approximate surface area is 140 Å². The van der Waals surface area contributed by atoms with Crippen molar-refractivity contribution in [2.45, 2.75) is 6.54 Å². The second kappa shape index (κ2) is 5.86. The van der Waals surface area contributed by atoms with Gasteiger partial charge in [0.05, 0.1) is 0 Å². The molecule has 0 amide bonds. The van der Waals surface area contributed by atoms with E-state index in [4.69, 9.17) is 8.83 Å². The Morgan fingerprint density at radius 1 is 1.08 bits per heavy atom. The molecule has 6 nitrogen and oxygen atoms in total. The summed E-state index contributed by atoms with van der Waals surface area (Å²) in [7, 11) is 0. The highest BCUT2D eigenvalue weighted by Gasteiger charge is 2.17. The molecule has 0 radical (unpaired) electrons. The molecular weight excluding hydrogens is 327 g/mol. The number of para-hydroxylation sites is 1. The van der Waals surface area contributed by atoms with Crippen molar-refractivity contribution in [3.63, 3.8) is 0 Å². The first-order valence-corrected chi connectivity index (χ1v) is 7.46. The summed E-state index contributed by atoms with van der Waals surface area (Å²) in [5, 5.41) is 4.78.